The summed E-state index contributed by atoms with van der Waals surface area (Å²) in [6.45, 7) is 10.3. The lowest BCUT2D eigenvalue weighted by molar-refractivity contribution is 0.0186. The molecule has 0 bridgehead atoms. The van der Waals surface area contributed by atoms with Crippen LogP contribution in [-0.4, -0.2) is 66.7 Å². The third-order valence-corrected chi connectivity index (χ3v) is 4.10. The summed E-state index contributed by atoms with van der Waals surface area (Å²) < 4.78 is 5.46. The van der Waals surface area contributed by atoms with Crippen LogP contribution in [0.5, 0.6) is 0 Å². The number of piperazine rings is 1. The molecule has 0 atom stereocenters. The van der Waals surface area contributed by atoms with Crippen LogP contribution in [0, 0.1) is 0 Å². The quantitative estimate of drug-likeness (QED) is 0.793. The van der Waals surface area contributed by atoms with Gasteiger partial charge in [0.25, 0.3) is 0 Å². The summed E-state index contributed by atoms with van der Waals surface area (Å²) in [4.78, 5) is 23.2. The van der Waals surface area contributed by atoms with Gasteiger partial charge in [0.05, 0.1) is 6.54 Å². The first-order chi connectivity index (χ1) is 11.4. The standard InChI is InChI=1S/C18H26N4O2/c1-18(2,3)24-17(23)21-13-11-20(12-14-21)16-19-9-10-22(16)15-7-5-4-6-8-15/h4-8H,9-14H2,1-3H3. The van der Waals surface area contributed by atoms with Gasteiger partial charge in [0.1, 0.15) is 5.60 Å². The number of aliphatic imine (C=N–C) groups is 1. The number of amides is 1. The highest BCUT2D eigenvalue weighted by Gasteiger charge is 2.30. The zero-order valence-corrected chi connectivity index (χ0v) is 14.7. The van der Waals surface area contributed by atoms with Crippen LogP contribution in [-0.2, 0) is 4.74 Å². The van der Waals surface area contributed by atoms with E-state index in [-0.39, 0.29) is 6.09 Å². The minimum atomic E-state index is -0.451. The molecule has 2 heterocycles. The Morgan fingerprint density at radius 1 is 1.04 bits per heavy atom. The van der Waals surface area contributed by atoms with Crippen molar-refractivity contribution in [3.63, 3.8) is 0 Å². The highest BCUT2D eigenvalue weighted by atomic mass is 16.6. The summed E-state index contributed by atoms with van der Waals surface area (Å²) in [5.41, 5.74) is 0.719. The lowest BCUT2D eigenvalue weighted by Crippen LogP contribution is -2.54. The molecule has 24 heavy (non-hydrogen) atoms. The van der Waals surface area contributed by atoms with Gasteiger partial charge >= 0.3 is 6.09 Å². The Morgan fingerprint density at radius 3 is 2.33 bits per heavy atom. The minimum absolute atomic E-state index is 0.226. The van der Waals surface area contributed by atoms with Gasteiger partial charge in [-0.2, -0.15) is 0 Å². The average molecular weight is 330 g/mol. The largest absolute Gasteiger partial charge is 0.444 e. The maximum absolute atomic E-state index is 12.2. The number of anilines is 1. The van der Waals surface area contributed by atoms with E-state index in [4.69, 9.17) is 4.74 Å². The molecule has 1 aromatic rings. The van der Waals surface area contributed by atoms with Gasteiger partial charge in [0.15, 0.2) is 0 Å². The lowest BCUT2D eigenvalue weighted by Gasteiger charge is -2.38. The van der Waals surface area contributed by atoms with Gasteiger partial charge < -0.3 is 19.4 Å². The number of benzene rings is 1. The highest BCUT2D eigenvalue weighted by Crippen LogP contribution is 2.20. The number of rotatable bonds is 1. The molecule has 1 fully saturated rings. The Morgan fingerprint density at radius 2 is 1.71 bits per heavy atom. The van der Waals surface area contributed by atoms with E-state index in [1.54, 1.807) is 4.90 Å². The molecule has 6 nitrogen and oxygen atoms in total. The summed E-state index contributed by atoms with van der Waals surface area (Å²) in [7, 11) is 0. The lowest BCUT2D eigenvalue weighted by atomic mass is 10.2. The predicted molar refractivity (Wildman–Crippen MR) is 95.5 cm³/mol. The molecule has 0 aliphatic carbocycles. The van der Waals surface area contributed by atoms with Gasteiger partial charge in [-0.3, -0.25) is 4.99 Å². The molecule has 1 saturated heterocycles. The molecular formula is C18H26N4O2. The number of hydrogen-bond donors (Lipinski definition) is 0. The number of ether oxygens (including phenoxy) is 1. The Bertz CT molecular complexity index is 601. The molecule has 0 aromatic heterocycles. The molecule has 6 heteroatoms. The van der Waals surface area contributed by atoms with Crippen molar-refractivity contribution >= 4 is 17.7 Å². The molecule has 1 aromatic carbocycles. The van der Waals surface area contributed by atoms with E-state index in [0.29, 0.717) is 13.1 Å². The summed E-state index contributed by atoms with van der Waals surface area (Å²) >= 11 is 0. The number of para-hydroxylation sites is 1. The van der Waals surface area contributed by atoms with Gasteiger partial charge in [-0.1, -0.05) is 18.2 Å². The predicted octanol–water partition coefficient (Wildman–Crippen LogP) is 2.42. The van der Waals surface area contributed by atoms with Crippen LogP contribution in [0.3, 0.4) is 0 Å². The fourth-order valence-electron chi connectivity index (χ4n) is 2.97. The van der Waals surface area contributed by atoms with E-state index in [1.807, 2.05) is 39.0 Å². The second-order valence-electron chi connectivity index (χ2n) is 7.12. The van der Waals surface area contributed by atoms with Crippen molar-refractivity contribution in [1.82, 2.24) is 9.80 Å². The first kappa shape index (κ1) is 16.6. The Balaban J connectivity index is 1.59. The molecular weight excluding hydrogens is 304 g/mol. The van der Waals surface area contributed by atoms with Crippen LogP contribution < -0.4 is 4.90 Å². The monoisotopic (exact) mass is 330 g/mol. The van der Waals surface area contributed by atoms with E-state index in [9.17, 15) is 4.79 Å². The van der Waals surface area contributed by atoms with E-state index in [1.165, 1.54) is 5.69 Å². The maximum Gasteiger partial charge on any atom is 0.410 e. The van der Waals surface area contributed by atoms with Crippen LogP contribution in [0.25, 0.3) is 0 Å². The average Bonchev–Trinajstić information content (AvgIpc) is 3.04. The number of carbonyl (C=O) groups excluding carboxylic acids is 1. The normalized spacial score (nSPS) is 18.6. The van der Waals surface area contributed by atoms with Crippen molar-refractivity contribution in [2.45, 2.75) is 26.4 Å². The second-order valence-corrected chi connectivity index (χ2v) is 7.12. The summed E-state index contributed by atoms with van der Waals surface area (Å²) in [6, 6.07) is 10.3. The molecule has 1 amide bonds. The zero-order chi connectivity index (χ0) is 17.2. The van der Waals surface area contributed by atoms with Gasteiger partial charge in [0.2, 0.25) is 5.96 Å². The third kappa shape index (κ3) is 3.80. The molecule has 130 valence electrons. The summed E-state index contributed by atoms with van der Waals surface area (Å²) in [5.74, 6) is 1.02. The molecule has 3 rings (SSSR count). The fourth-order valence-corrected chi connectivity index (χ4v) is 2.97. The van der Waals surface area contributed by atoms with Crippen LogP contribution in [0.2, 0.25) is 0 Å². The van der Waals surface area contributed by atoms with Crippen molar-refractivity contribution < 1.29 is 9.53 Å². The number of guanidine groups is 1. The maximum atomic E-state index is 12.2. The van der Waals surface area contributed by atoms with E-state index in [0.717, 1.165) is 32.1 Å². The van der Waals surface area contributed by atoms with Gasteiger partial charge in [-0.25, -0.2) is 4.79 Å². The van der Waals surface area contributed by atoms with Gasteiger partial charge in [-0.05, 0) is 32.9 Å². The second kappa shape index (κ2) is 6.71. The minimum Gasteiger partial charge on any atom is -0.444 e. The van der Waals surface area contributed by atoms with Gasteiger partial charge in [-0.15, -0.1) is 0 Å². The number of hydrogen-bond acceptors (Lipinski definition) is 5. The van der Waals surface area contributed by atoms with Gasteiger partial charge in [0, 0.05) is 38.4 Å². The molecule has 2 aliphatic heterocycles. The molecule has 0 radical (unpaired) electrons. The topological polar surface area (TPSA) is 48.4 Å². The SMILES string of the molecule is CC(C)(C)OC(=O)N1CCN(C2=NCCN2c2ccccc2)CC1. The number of carbonyl (C=O) groups is 1. The van der Waals surface area contributed by atoms with Crippen LogP contribution >= 0.6 is 0 Å². The Labute approximate surface area is 143 Å². The Kier molecular flexibility index (Phi) is 4.64. The fraction of sp³-hybridized carbons (Fsp3) is 0.556. The molecule has 0 unspecified atom stereocenters. The smallest absolute Gasteiger partial charge is 0.410 e. The number of nitrogens with zero attached hydrogens (tertiary/aromatic N) is 4. The molecule has 0 saturated carbocycles. The van der Waals surface area contributed by atoms with Crippen LogP contribution in [0.4, 0.5) is 10.5 Å². The molecule has 0 N–H and O–H groups in total. The van der Waals surface area contributed by atoms with Crippen molar-refractivity contribution in [3.8, 4) is 0 Å². The third-order valence-electron chi connectivity index (χ3n) is 4.10. The summed E-state index contributed by atoms with van der Waals surface area (Å²) in [5, 5.41) is 0. The molecule has 0 spiro atoms. The van der Waals surface area contributed by atoms with Crippen molar-refractivity contribution in [1.29, 1.82) is 0 Å². The van der Waals surface area contributed by atoms with E-state index < -0.39 is 5.60 Å². The van der Waals surface area contributed by atoms with Crippen LogP contribution in [0.1, 0.15) is 20.8 Å². The zero-order valence-electron chi connectivity index (χ0n) is 14.7. The van der Waals surface area contributed by atoms with E-state index >= 15 is 0 Å². The van der Waals surface area contributed by atoms with Crippen molar-refractivity contribution in [3.05, 3.63) is 30.3 Å². The first-order valence-electron chi connectivity index (χ1n) is 8.54. The van der Waals surface area contributed by atoms with Crippen molar-refractivity contribution in [2.24, 2.45) is 4.99 Å². The highest BCUT2D eigenvalue weighted by molar-refractivity contribution is 5.97. The summed E-state index contributed by atoms with van der Waals surface area (Å²) in [6.07, 6.45) is -0.226. The molecule has 2 aliphatic rings. The van der Waals surface area contributed by atoms with E-state index in [2.05, 4.69) is 26.9 Å². The first-order valence-corrected chi connectivity index (χ1v) is 8.54. The van der Waals surface area contributed by atoms with Crippen LogP contribution in [0.15, 0.2) is 35.3 Å². The van der Waals surface area contributed by atoms with Crippen molar-refractivity contribution in [2.75, 3.05) is 44.2 Å². The Hall–Kier alpha value is -2.24.